The topological polar surface area (TPSA) is 25.2 Å². The highest BCUT2D eigenvalue weighted by Gasteiger charge is 2.07. The first-order chi connectivity index (χ1) is 9.54. The average Bonchev–Trinajstić information content (AvgIpc) is 2.86. The Morgan fingerprint density at radius 1 is 1.25 bits per heavy atom. The molecule has 0 fully saturated rings. The number of rotatable bonds is 6. The van der Waals surface area contributed by atoms with Gasteiger partial charge in [0.1, 0.15) is 11.5 Å². The summed E-state index contributed by atoms with van der Waals surface area (Å²) < 4.78 is 30.4. The van der Waals surface area contributed by atoms with Gasteiger partial charge in [-0.25, -0.2) is 0 Å². The number of furan rings is 1. The number of alkyl halides is 2. The normalized spacial score (nSPS) is 11.1. The maximum Gasteiger partial charge on any atom is 0.284 e. The van der Waals surface area contributed by atoms with E-state index in [4.69, 9.17) is 16.0 Å². The van der Waals surface area contributed by atoms with E-state index in [9.17, 15) is 8.78 Å². The zero-order valence-electron chi connectivity index (χ0n) is 10.2. The number of anilines is 1. The number of hydrogen-bond acceptors (Lipinski definition) is 3. The molecule has 1 N–H and O–H groups in total. The molecule has 0 aliphatic carbocycles. The third-order valence-electron chi connectivity index (χ3n) is 2.46. The van der Waals surface area contributed by atoms with Crippen LogP contribution in [-0.2, 0) is 12.3 Å². The van der Waals surface area contributed by atoms with E-state index >= 15 is 0 Å². The molecule has 7 heteroatoms. The summed E-state index contributed by atoms with van der Waals surface area (Å²) in [6.45, 7) is 0.470. The second-order valence-electron chi connectivity index (χ2n) is 3.92. The maximum atomic E-state index is 12.1. The molecule has 0 unspecified atom stereocenters. The van der Waals surface area contributed by atoms with Gasteiger partial charge in [-0.15, -0.1) is 0 Å². The molecule has 1 aromatic carbocycles. The Balaban J connectivity index is 1.89. The predicted octanol–water partition coefficient (Wildman–Crippen LogP) is 5.76. The first kappa shape index (κ1) is 15.7. The average molecular weight is 383 g/mol. The van der Waals surface area contributed by atoms with Crippen LogP contribution in [0.3, 0.4) is 0 Å². The van der Waals surface area contributed by atoms with Crippen molar-refractivity contribution in [3.8, 4) is 0 Å². The van der Waals surface area contributed by atoms with Crippen molar-refractivity contribution in [2.45, 2.75) is 18.1 Å². The van der Waals surface area contributed by atoms with E-state index in [1.165, 1.54) is 0 Å². The van der Waals surface area contributed by atoms with Gasteiger partial charge in [0.25, 0.3) is 5.76 Å². The molecule has 0 amide bonds. The maximum absolute atomic E-state index is 12.1. The van der Waals surface area contributed by atoms with Crippen molar-refractivity contribution >= 4 is 45.0 Å². The van der Waals surface area contributed by atoms with Gasteiger partial charge in [0.05, 0.1) is 17.3 Å². The van der Waals surface area contributed by atoms with Crippen LogP contribution in [0.5, 0.6) is 0 Å². The second-order valence-corrected chi connectivity index (χ2v) is 6.16. The van der Waals surface area contributed by atoms with Crippen molar-refractivity contribution in [1.29, 1.82) is 0 Å². The summed E-state index contributed by atoms with van der Waals surface area (Å²) in [6, 6.07) is 9.00. The highest BCUT2D eigenvalue weighted by molar-refractivity contribution is 9.10. The van der Waals surface area contributed by atoms with E-state index in [1.54, 1.807) is 18.2 Å². The Morgan fingerprint density at radius 2 is 2.00 bits per heavy atom. The fraction of sp³-hybridized carbons (Fsp3) is 0.231. The van der Waals surface area contributed by atoms with Crippen LogP contribution in [0.1, 0.15) is 11.5 Å². The van der Waals surface area contributed by atoms with Crippen molar-refractivity contribution in [2.24, 2.45) is 0 Å². The Morgan fingerprint density at radius 3 is 2.70 bits per heavy atom. The van der Waals surface area contributed by atoms with Crippen LogP contribution in [0.15, 0.2) is 39.2 Å². The quantitative estimate of drug-likeness (QED) is 0.687. The highest BCUT2D eigenvalue weighted by Crippen LogP contribution is 2.26. The first-order valence-electron chi connectivity index (χ1n) is 5.71. The van der Waals surface area contributed by atoms with Gasteiger partial charge in [-0.3, -0.25) is 0 Å². The predicted molar refractivity (Wildman–Crippen MR) is 82.5 cm³/mol. The molecule has 0 aliphatic heterocycles. The van der Waals surface area contributed by atoms with Crippen LogP contribution < -0.4 is 5.32 Å². The van der Waals surface area contributed by atoms with Crippen molar-refractivity contribution in [3.05, 3.63) is 51.3 Å². The van der Waals surface area contributed by atoms with E-state index in [0.29, 0.717) is 34.8 Å². The van der Waals surface area contributed by atoms with Gasteiger partial charge in [0.15, 0.2) is 0 Å². The van der Waals surface area contributed by atoms with Crippen LogP contribution in [0, 0.1) is 0 Å². The lowest BCUT2D eigenvalue weighted by molar-refractivity contribution is 0.251. The Hall–Kier alpha value is -0.720. The zero-order chi connectivity index (χ0) is 14.5. The molecule has 0 saturated heterocycles. The number of thioether (sulfide) groups is 1. The number of hydrogen-bond donors (Lipinski definition) is 1. The van der Waals surface area contributed by atoms with Gasteiger partial charge in [-0.05, 0) is 46.3 Å². The van der Waals surface area contributed by atoms with Gasteiger partial charge in [-0.2, -0.15) is 8.78 Å². The molecule has 0 saturated carbocycles. The van der Waals surface area contributed by atoms with E-state index in [-0.39, 0.29) is 5.75 Å². The lowest BCUT2D eigenvalue weighted by atomic mass is 10.3. The summed E-state index contributed by atoms with van der Waals surface area (Å²) in [7, 11) is 0. The molecule has 1 aromatic heterocycles. The minimum absolute atomic E-state index is 0.168. The third-order valence-corrected chi connectivity index (χ3v) is 4.39. The van der Waals surface area contributed by atoms with Gasteiger partial charge in [-0.1, -0.05) is 23.4 Å². The fourth-order valence-electron chi connectivity index (χ4n) is 1.54. The molecule has 0 bridgehead atoms. The van der Waals surface area contributed by atoms with Crippen LogP contribution in [-0.4, -0.2) is 5.76 Å². The summed E-state index contributed by atoms with van der Waals surface area (Å²) in [6.07, 6.45) is 0. The van der Waals surface area contributed by atoms with Crippen LogP contribution >= 0.6 is 39.3 Å². The number of halogens is 4. The van der Waals surface area contributed by atoms with Crippen LogP contribution in [0.4, 0.5) is 14.5 Å². The molecule has 108 valence electrons. The Labute approximate surface area is 133 Å². The SMILES string of the molecule is FC(F)SCc1ccc(CNc2ccc(Br)c(Cl)c2)o1. The molecule has 2 nitrogen and oxygen atoms in total. The second kappa shape index (κ2) is 7.33. The lowest BCUT2D eigenvalue weighted by Crippen LogP contribution is -1.97. The zero-order valence-corrected chi connectivity index (χ0v) is 13.4. The molecule has 0 spiro atoms. The monoisotopic (exact) mass is 381 g/mol. The molecule has 2 rings (SSSR count). The molecule has 2 aromatic rings. The summed E-state index contributed by atoms with van der Waals surface area (Å²) in [5.74, 6) is -0.983. The minimum atomic E-state index is -2.38. The van der Waals surface area contributed by atoms with Gasteiger partial charge in [0.2, 0.25) is 0 Å². The molecule has 0 atom stereocenters. The molecule has 0 aliphatic rings. The smallest absolute Gasteiger partial charge is 0.284 e. The van der Waals surface area contributed by atoms with Crippen molar-refractivity contribution in [1.82, 2.24) is 0 Å². The molecule has 20 heavy (non-hydrogen) atoms. The molecular formula is C13H11BrClF2NOS. The van der Waals surface area contributed by atoms with Crippen molar-refractivity contribution in [2.75, 3.05) is 5.32 Å². The van der Waals surface area contributed by atoms with E-state index in [0.717, 1.165) is 10.2 Å². The molecular weight excluding hydrogens is 372 g/mol. The van der Waals surface area contributed by atoms with Gasteiger partial charge in [0, 0.05) is 10.2 Å². The van der Waals surface area contributed by atoms with Gasteiger partial charge >= 0.3 is 0 Å². The minimum Gasteiger partial charge on any atom is -0.463 e. The van der Waals surface area contributed by atoms with Crippen molar-refractivity contribution < 1.29 is 13.2 Å². The van der Waals surface area contributed by atoms with Crippen LogP contribution in [0.25, 0.3) is 0 Å². The molecule has 1 heterocycles. The molecule has 0 radical (unpaired) electrons. The number of nitrogens with one attached hydrogen (secondary N) is 1. The third kappa shape index (κ3) is 4.68. The highest BCUT2D eigenvalue weighted by atomic mass is 79.9. The van der Waals surface area contributed by atoms with E-state index in [1.807, 2.05) is 12.1 Å². The lowest BCUT2D eigenvalue weighted by Gasteiger charge is -2.05. The fourth-order valence-corrected chi connectivity index (χ4v) is 2.41. The van der Waals surface area contributed by atoms with E-state index in [2.05, 4.69) is 21.2 Å². The number of benzene rings is 1. The van der Waals surface area contributed by atoms with Gasteiger partial charge < -0.3 is 9.73 Å². The Bertz CT molecular complexity index is 579. The Kier molecular flexibility index (Phi) is 5.74. The summed E-state index contributed by atoms with van der Waals surface area (Å²) in [5, 5.41) is 3.77. The summed E-state index contributed by atoms with van der Waals surface area (Å²) >= 11 is 9.85. The standard InChI is InChI=1S/C13H11BrClF2NOS/c14-11-4-1-8(5-12(11)15)18-6-9-2-3-10(19-9)7-20-13(16)17/h1-5,13,18H,6-7H2. The largest absolute Gasteiger partial charge is 0.463 e. The van der Waals surface area contributed by atoms with E-state index < -0.39 is 5.76 Å². The van der Waals surface area contributed by atoms with Crippen LogP contribution in [0.2, 0.25) is 5.02 Å². The summed E-state index contributed by atoms with van der Waals surface area (Å²) in [5.41, 5.74) is 0.859. The first-order valence-corrected chi connectivity index (χ1v) is 7.93. The van der Waals surface area contributed by atoms with Crippen molar-refractivity contribution in [3.63, 3.8) is 0 Å². The summed E-state index contributed by atoms with van der Waals surface area (Å²) in [4.78, 5) is 0.